The van der Waals surface area contributed by atoms with Crippen molar-refractivity contribution in [2.45, 2.75) is 33.0 Å². The number of hydrogen-bond acceptors (Lipinski definition) is 4. The molecule has 23 heavy (non-hydrogen) atoms. The van der Waals surface area contributed by atoms with Crippen LogP contribution in [0.1, 0.15) is 36.3 Å². The number of rotatable bonds is 5. The zero-order valence-corrected chi connectivity index (χ0v) is 14.3. The highest BCUT2D eigenvalue weighted by Gasteiger charge is 2.29. The maximum absolute atomic E-state index is 12.5. The van der Waals surface area contributed by atoms with Crippen LogP contribution >= 0.6 is 11.3 Å². The summed E-state index contributed by atoms with van der Waals surface area (Å²) < 4.78 is 7.66. The Balaban J connectivity index is 1.72. The molecule has 0 fully saturated rings. The third-order valence-corrected chi connectivity index (χ3v) is 4.88. The molecule has 0 saturated carbocycles. The molecule has 0 aromatic carbocycles. The summed E-state index contributed by atoms with van der Waals surface area (Å²) in [5.74, 6) is 0.968. The van der Waals surface area contributed by atoms with E-state index in [1.54, 1.807) is 17.4 Å². The van der Waals surface area contributed by atoms with E-state index in [-0.39, 0.29) is 11.9 Å². The molecule has 0 saturated heterocycles. The molecule has 0 radical (unpaired) electrons. The molecular formula is C17H21N3O2S. The van der Waals surface area contributed by atoms with Gasteiger partial charge in [0.1, 0.15) is 5.82 Å². The van der Waals surface area contributed by atoms with Crippen molar-refractivity contribution in [1.82, 2.24) is 14.5 Å². The first-order chi connectivity index (χ1) is 11.2. The van der Waals surface area contributed by atoms with Crippen LogP contribution in [0.25, 0.3) is 6.08 Å². The smallest absolute Gasteiger partial charge is 0.247 e. The molecule has 122 valence electrons. The lowest BCUT2D eigenvalue weighted by molar-refractivity contribution is -0.129. The SMILES string of the molecule is CCOCc1cnc2n1CCN(C(=O)/C=C/c1cccs1)C2C. The second-order valence-electron chi connectivity index (χ2n) is 5.45. The second-order valence-corrected chi connectivity index (χ2v) is 6.43. The number of aromatic nitrogens is 2. The van der Waals surface area contributed by atoms with Gasteiger partial charge in [-0.2, -0.15) is 0 Å². The van der Waals surface area contributed by atoms with E-state index in [1.807, 2.05) is 48.5 Å². The highest BCUT2D eigenvalue weighted by atomic mass is 32.1. The average molecular weight is 331 g/mol. The molecule has 2 aromatic heterocycles. The molecular weight excluding hydrogens is 310 g/mol. The minimum atomic E-state index is -0.0281. The summed E-state index contributed by atoms with van der Waals surface area (Å²) in [6, 6.07) is 3.95. The minimum Gasteiger partial charge on any atom is -0.375 e. The summed E-state index contributed by atoms with van der Waals surface area (Å²) in [4.78, 5) is 19.9. The third kappa shape index (κ3) is 3.38. The largest absolute Gasteiger partial charge is 0.375 e. The quantitative estimate of drug-likeness (QED) is 0.791. The molecule has 0 bridgehead atoms. The fourth-order valence-corrected chi connectivity index (χ4v) is 3.44. The molecule has 0 N–H and O–H groups in total. The Labute approximate surface area is 140 Å². The second kappa shape index (κ2) is 7.10. The Kier molecular flexibility index (Phi) is 4.93. The van der Waals surface area contributed by atoms with Crippen LogP contribution in [0.15, 0.2) is 29.8 Å². The topological polar surface area (TPSA) is 47.4 Å². The van der Waals surface area contributed by atoms with Gasteiger partial charge in [-0.1, -0.05) is 6.07 Å². The first-order valence-electron chi connectivity index (χ1n) is 7.85. The van der Waals surface area contributed by atoms with Gasteiger partial charge in [0.25, 0.3) is 0 Å². The van der Waals surface area contributed by atoms with Crippen molar-refractivity contribution in [3.05, 3.63) is 46.2 Å². The van der Waals surface area contributed by atoms with Crippen molar-refractivity contribution in [2.24, 2.45) is 0 Å². The Bertz CT molecular complexity index is 691. The van der Waals surface area contributed by atoms with Crippen LogP contribution in [0.5, 0.6) is 0 Å². The van der Waals surface area contributed by atoms with Gasteiger partial charge in [0.2, 0.25) is 5.91 Å². The average Bonchev–Trinajstić information content (AvgIpc) is 3.21. The van der Waals surface area contributed by atoms with Crippen molar-refractivity contribution < 1.29 is 9.53 Å². The Morgan fingerprint density at radius 2 is 2.39 bits per heavy atom. The van der Waals surface area contributed by atoms with Gasteiger partial charge in [0.15, 0.2) is 0 Å². The number of thiophene rings is 1. The number of nitrogens with zero attached hydrogens (tertiary/aromatic N) is 3. The maximum atomic E-state index is 12.5. The van der Waals surface area contributed by atoms with Crippen LogP contribution in [0, 0.1) is 0 Å². The fraction of sp³-hybridized carbons (Fsp3) is 0.412. The van der Waals surface area contributed by atoms with Gasteiger partial charge in [0, 0.05) is 30.6 Å². The van der Waals surface area contributed by atoms with Crippen LogP contribution in [0.4, 0.5) is 0 Å². The molecule has 0 spiro atoms. The van der Waals surface area contributed by atoms with Crippen molar-refractivity contribution in [3.8, 4) is 0 Å². The van der Waals surface area contributed by atoms with E-state index in [2.05, 4.69) is 9.55 Å². The van der Waals surface area contributed by atoms with Crippen LogP contribution in [0.2, 0.25) is 0 Å². The van der Waals surface area contributed by atoms with Gasteiger partial charge in [0.05, 0.1) is 24.5 Å². The lowest BCUT2D eigenvalue weighted by atomic mass is 10.2. The van der Waals surface area contributed by atoms with Gasteiger partial charge in [-0.25, -0.2) is 4.98 Å². The van der Waals surface area contributed by atoms with E-state index in [0.717, 1.165) is 22.9 Å². The lowest BCUT2D eigenvalue weighted by Gasteiger charge is -2.33. The molecule has 1 aliphatic rings. The first-order valence-corrected chi connectivity index (χ1v) is 8.73. The predicted octanol–water partition coefficient (Wildman–Crippen LogP) is 3.10. The summed E-state index contributed by atoms with van der Waals surface area (Å²) in [6.07, 6.45) is 5.39. The van der Waals surface area contributed by atoms with E-state index in [9.17, 15) is 4.79 Å². The van der Waals surface area contributed by atoms with Crippen LogP contribution in [0.3, 0.4) is 0 Å². The van der Waals surface area contributed by atoms with Crippen molar-refractivity contribution >= 4 is 23.3 Å². The minimum absolute atomic E-state index is 0.0281. The lowest BCUT2D eigenvalue weighted by Crippen LogP contribution is -2.40. The number of amides is 1. The van der Waals surface area contributed by atoms with Gasteiger partial charge in [-0.05, 0) is 31.4 Å². The molecule has 2 aromatic rings. The van der Waals surface area contributed by atoms with E-state index < -0.39 is 0 Å². The summed E-state index contributed by atoms with van der Waals surface area (Å²) >= 11 is 1.62. The normalized spacial score (nSPS) is 17.7. The Morgan fingerprint density at radius 3 is 3.13 bits per heavy atom. The van der Waals surface area contributed by atoms with Crippen molar-refractivity contribution in [3.63, 3.8) is 0 Å². The zero-order chi connectivity index (χ0) is 16.2. The molecule has 3 rings (SSSR count). The Morgan fingerprint density at radius 1 is 1.52 bits per heavy atom. The van der Waals surface area contributed by atoms with Crippen molar-refractivity contribution in [1.29, 1.82) is 0 Å². The number of imidazole rings is 1. The maximum Gasteiger partial charge on any atom is 0.247 e. The summed E-state index contributed by atoms with van der Waals surface area (Å²) in [5, 5.41) is 2.00. The monoisotopic (exact) mass is 331 g/mol. The predicted molar refractivity (Wildman–Crippen MR) is 91.0 cm³/mol. The number of ether oxygens (including phenoxy) is 1. The molecule has 5 nitrogen and oxygen atoms in total. The standard InChI is InChI=1S/C17H21N3O2S/c1-3-22-12-14-11-18-17-13(2)19(8-9-20(14)17)16(21)7-6-15-5-4-10-23-15/h4-7,10-11,13H,3,8-9,12H2,1-2H3/b7-6+. The van der Waals surface area contributed by atoms with Crippen LogP contribution in [-0.2, 0) is 22.7 Å². The van der Waals surface area contributed by atoms with E-state index in [1.165, 1.54) is 0 Å². The first kappa shape index (κ1) is 16.0. The number of carbonyl (C=O) groups excluding carboxylic acids is 1. The summed E-state index contributed by atoms with van der Waals surface area (Å²) in [5.41, 5.74) is 1.08. The molecule has 0 aliphatic carbocycles. The zero-order valence-electron chi connectivity index (χ0n) is 13.4. The highest BCUT2D eigenvalue weighted by Crippen LogP contribution is 2.26. The van der Waals surface area contributed by atoms with Gasteiger partial charge in [-0.15, -0.1) is 11.3 Å². The van der Waals surface area contributed by atoms with Gasteiger partial charge < -0.3 is 14.2 Å². The van der Waals surface area contributed by atoms with Crippen LogP contribution < -0.4 is 0 Å². The molecule has 1 aliphatic heterocycles. The highest BCUT2D eigenvalue weighted by molar-refractivity contribution is 7.10. The molecule has 1 atom stereocenters. The third-order valence-electron chi connectivity index (χ3n) is 4.05. The number of hydrogen-bond donors (Lipinski definition) is 0. The number of carbonyl (C=O) groups is 1. The van der Waals surface area contributed by atoms with Crippen LogP contribution in [-0.4, -0.2) is 33.5 Å². The molecule has 6 heteroatoms. The summed E-state index contributed by atoms with van der Waals surface area (Å²) in [7, 11) is 0. The number of fused-ring (bicyclic) bond motifs is 1. The fourth-order valence-electron chi connectivity index (χ4n) is 2.82. The molecule has 3 heterocycles. The molecule has 1 amide bonds. The molecule has 1 unspecified atom stereocenters. The summed E-state index contributed by atoms with van der Waals surface area (Å²) in [6.45, 7) is 6.73. The van der Waals surface area contributed by atoms with Gasteiger partial charge in [-0.3, -0.25) is 4.79 Å². The van der Waals surface area contributed by atoms with Crippen molar-refractivity contribution in [2.75, 3.05) is 13.2 Å². The van der Waals surface area contributed by atoms with Gasteiger partial charge >= 0.3 is 0 Å². The van der Waals surface area contributed by atoms with E-state index in [0.29, 0.717) is 19.8 Å². The van der Waals surface area contributed by atoms with E-state index in [4.69, 9.17) is 4.74 Å². The van der Waals surface area contributed by atoms with E-state index >= 15 is 0 Å². The Hall–Kier alpha value is -1.92.